The van der Waals surface area contributed by atoms with Crippen LogP contribution in [0.3, 0.4) is 0 Å². The summed E-state index contributed by atoms with van der Waals surface area (Å²) in [4.78, 5) is 0. The molecule has 0 amide bonds. The molecule has 1 aliphatic carbocycles. The van der Waals surface area contributed by atoms with Gasteiger partial charge in [-0.25, -0.2) is 8.78 Å². The zero-order valence-electron chi connectivity index (χ0n) is 9.93. The molecule has 2 atom stereocenters. The third-order valence-electron chi connectivity index (χ3n) is 3.32. The molecule has 0 aliphatic heterocycles. The Bertz CT molecular complexity index is 404. The highest BCUT2D eigenvalue weighted by molar-refractivity contribution is 9.10. The van der Waals surface area contributed by atoms with Gasteiger partial charge in [0.1, 0.15) is 11.6 Å². The molecule has 2 N–H and O–H groups in total. The number of halogens is 3. The first-order valence-electron chi connectivity index (χ1n) is 6.17. The first-order valence-corrected chi connectivity index (χ1v) is 6.96. The van der Waals surface area contributed by atoms with Crippen molar-refractivity contribution in [3.63, 3.8) is 0 Å². The molecular formula is C13H16BrF2NO. The van der Waals surface area contributed by atoms with E-state index in [4.69, 9.17) is 0 Å². The number of aliphatic hydroxyl groups excluding tert-OH is 1. The highest BCUT2D eigenvalue weighted by atomic mass is 79.9. The lowest BCUT2D eigenvalue weighted by molar-refractivity contribution is 0.144. The van der Waals surface area contributed by atoms with Crippen LogP contribution in [0.1, 0.15) is 32.1 Å². The van der Waals surface area contributed by atoms with Gasteiger partial charge in [0.2, 0.25) is 0 Å². The van der Waals surface area contributed by atoms with E-state index in [0.29, 0.717) is 4.47 Å². The minimum atomic E-state index is -0.640. The standard InChI is InChI=1S/C13H16BrF2NO/c14-9-6-8(15)7-10(16)13(9)17-11-4-2-1-3-5-12(11)18/h6-7,11-12,17-18H,1-5H2. The largest absolute Gasteiger partial charge is 0.391 e. The van der Waals surface area contributed by atoms with Crippen LogP contribution in [-0.4, -0.2) is 17.3 Å². The van der Waals surface area contributed by atoms with Crippen molar-refractivity contribution in [2.24, 2.45) is 0 Å². The quantitative estimate of drug-likeness (QED) is 0.812. The van der Waals surface area contributed by atoms with Crippen molar-refractivity contribution in [1.82, 2.24) is 0 Å². The normalized spacial score (nSPS) is 24.7. The maximum absolute atomic E-state index is 13.7. The lowest BCUT2D eigenvalue weighted by Crippen LogP contribution is -2.32. The van der Waals surface area contributed by atoms with Gasteiger partial charge in [-0.2, -0.15) is 0 Å². The molecule has 1 saturated carbocycles. The number of benzene rings is 1. The van der Waals surface area contributed by atoms with Crippen LogP contribution in [-0.2, 0) is 0 Å². The van der Waals surface area contributed by atoms with E-state index in [-0.39, 0.29) is 11.7 Å². The zero-order chi connectivity index (χ0) is 13.1. The summed E-state index contributed by atoms with van der Waals surface area (Å²) in [5.74, 6) is -1.26. The summed E-state index contributed by atoms with van der Waals surface area (Å²) in [6.07, 6.45) is 4.12. The van der Waals surface area contributed by atoms with Gasteiger partial charge in [0.05, 0.1) is 17.8 Å². The molecule has 0 spiro atoms. The molecule has 0 radical (unpaired) electrons. The minimum Gasteiger partial charge on any atom is -0.391 e. The van der Waals surface area contributed by atoms with Crippen LogP contribution < -0.4 is 5.32 Å². The Morgan fingerprint density at radius 2 is 1.89 bits per heavy atom. The van der Waals surface area contributed by atoms with Crippen LogP contribution in [0.2, 0.25) is 0 Å². The summed E-state index contributed by atoms with van der Waals surface area (Å²) >= 11 is 3.14. The molecule has 100 valence electrons. The van der Waals surface area contributed by atoms with E-state index in [9.17, 15) is 13.9 Å². The Labute approximate surface area is 114 Å². The van der Waals surface area contributed by atoms with Gasteiger partial charge in [0.25, 0.3) is 0 Å². The second kappa shape index (κ2) is 5.97. The van der Waals surface area contributed by atoms with Gasteiger partial charge in [-0.1, -0.05) is 19.3 Å². The number of nitrogens with one attached hydrogen (secondary N) is 1. The van der Waals surface area contributed by atoms with Crippen LogP contribution in [0.4, 0.5) is 14.5 Å². The molecule has 0 aromatic heterocycles. The van der Waals surface area contributed by atoms with E-state index >= 15 is 0 Å². The number of aliphatic hydroxyl groups is 1. The van der Waals surface area contributed by atoms with Crippen molar-refractivity contribution in [3.8, 4) is 0 Å². The predicted molar refractivity (Wildman–Crippen MR) is 70.6 cm³/mol. The molecule has 2 unspecified atom stereocenters. The molecule has 1 fully saturated rings. The van der Waals surface area contributed by atoms with Crippen LogP contribution in [0.5, 0.6) is 0 Å². The first-order chi connectivity index (χ1) is 8.58. The van der Waals surface area contributed by atoms with Gasteiger partial charge in [0, 0.05) is 10.5 Å². The molecule has 0 bridgehead atoms. The third-order valence-corrected chi connectivity index (χ3v) is 3.94. The maximum Gasteiger partial charge on any atom is 0.150 e. The Morgan fingerprint density at radius 1 is 1.17 bits per heavy atom. The molecule has 0 heterocycles. The molecule has 1 aromatic carbocycles. The molecule has 5 heteroatoms. The van der Waals surface area contributed by atoms with Crippen LogP contribution in [0.25, 0.3) is 0 Å². The summed E-state index contributed by atoms with van der Waals surface area (Å²) in [5, 5.41) is 13.0. The van der Waals surface area contributed by atoms with Crippen LogP contribution in [0.15, 0.2) is 16.6 Å². The van der Waals surface area contributed by atoms with Crippen molar-refractivity contribution in [1.29, 1.82) is 0 Å². The first kappa shape index (κ1) is 13.7. The van der Waals surface area contributed by atoms with Crippen molar-refractivity contribution in [2.75, 3.05) is 5.32 Å². The van der Waals surface area contributed by atoms with E-state index in [1.807, 2.05) is 0 Å². The van der Waals surface area contributed by atoms with Crippen molar-refractivity contribution < 1.29 is 13.9 Å². The fourth-order valence-electron chi connectivity index (χ4n) is 2.32. The number of rotatable bonds is 2. The number of hydrogen-bond donors (Lipinski definition) is 2. The second-order valence-corrected chi connectivity index (χ2v) is 5.55. The Morgan fingerprint density at radius 3 is 2.61 bits per heavy atom. The average molecular weight is 320 g/mol. The summed E-state index contributed by atoms with van der Waals surface area (Å²) in [7, 11) is 0. The lowest BCUT2D eigenvalue weighted by atomic mass is 10.1. The minimum absolute atomic E-state index is 0.177. The van der Waals surface area contributed by atoms with Gasteiger partial charge < -0.3 is 10.4 Å². The van der Waals surface area contributed by atoms with Crippen molar-refractivity contribution in [2.45, 2.75) is 44.2 Å². The van der Waals surface area contributed by atoms with Gasteiger partial charge in [-0.3, -0.25) is 0 Å². The second-order valence-electron chi connectivity index (χ2n) is 4.70. The highest BCUT2D eigenvalue weighted by Crippen LogP contribution is 2.30. The van der Waals surface area contributed by atoms with Crippen molar-refractivity contribution in [3.05, 3.63) is 28.2 Å². The SMILES string of the molecule is OC1CCCCCC1Nc1c(F)cc(F)cc1Br. The smallest absolute Gasteiger partial charge is 0.150 e. The van der Waals surface area contributed by atoms with E-state index in [1.54, 1.807) is 0 Å². The van der Waals surface area contributed by atoms with E-state index < -0.39 is 17.7 Å². The third kappa shape index (κ3) is 3.20. The van der Waals surface area contributed by atoms with Gasteiger partial charge in [-0.05, 0) is 34.8 Å². The molecule has 1 aliphatic rings. The average Bonchev–Trinajstić information content (AvgIpc) is 2.49. The van der Waals surface area contributed by atoms with Gasteiger partial charge in [-0.15, -0.1) is 0 Å². The number of anilines is 1. The van der Waals surface area contributed by atoms with Crippen LogP contribution in [0, 0.1) is 11.6 Å². The molecule has 2 rings (SSSR count). The van der Waals surface area contributed by atoms with Gasteiger partial charge >= 0.3 is 0 Å². The predicted octanol–water partition coefficient (Wildman–Crippen LogP) is 3.83. The molecular weight excluding hydrogens is 304 g/mol. The Hall–Kier alpha value is -0.680. The summed E-state index contributed by atoms with van der Waals surface area (Å²) < 4.78 is 27.0. The summed E-state index contributed by atoms with van der Waals surface area (Å²) in [5.41, 5.74) is 0.224. The number of hydrogen-bond acceptors (Lipinski definition) is 2. The summed E-state index contributed by atoms with van der Waals surface area (Å²) in [6.45, 7) is 0. The lowest BCUT2D eigenvalue weighted by Gasteiger charge is -2.23. The Balaban J connectivity index is 2.17. The monoisotopic (exact) mass is 319 g/mol. The fourth-order valence-corrected chi connectivity index (χ4v) is 2.84. The van der Waals surface area contributed by atoms with Gasteiger partial charge in [0.15, 0.2) is 0 Å². The fraction of sp³-hybridized carbons (Fsp3) is 0.538. The van der Waals surface area contributed by atoms with E-state index in [2.05, 4.69) is 21.2 Å². The highest BCUT2D eigenvalue weighted by Gasteiger charge is 2.23. The molecule has 1 aromatic rings. The Kier molecular flexibility index (Phi) is 4.56. The van der Waals surface area contributed by atoms with E-state index in [0.717, 1.165) is 38.2 Å². The summed E-state index contributed by atoms with van der Waals surface area (Å²) in [6, 6.07) is 1.88. The zero-order valence-corrected chi connectivity index (χ0v) is 11.5. The maximum atomic E-state index is 13.7. The molecule has 0 saturated heterocycles. The van der Waals surface area contributed by atoms with Crippen molar-refractivity contribution >= 4 is 21.6 Å². The van der Waals surface area contributed by atoms with E-state index in [1.165, 1.54) is 6.07 Å². The van der Waals surface area contributed by atoms with Crippen LogP contribution >= 0.6 is 15.9 Å². The molecule has 18 heavy (non-hydrogen) atoms. The topological polar surface area (TPSA) is 32.3 Å². The molecule has 2 nitrogen and oxygen atoms in total.